The fraction of sp³-hybridized carbons (Fsp3) is 0.0870. The third-order valence-electron chi connectivity index (χ3n) is 4.55. The van der Waals surface area contributed by atoms with Gasteiger partial charge in [-0.1, -0.05) is 72.4 Å². The van der Waals surface area contributed by atoms with Gasteiger partial charge in [0.1, 0.15) is 11.7 Å². The molecule has 1 unspecified atom stereocenters. The second-order valence-electron chi connectivity index (χ2n) is 6.51. The molecule has 140 valence electrons. The summed E-state index contributed by atoms with van der Waals surface area (Å²) < 4.78 is 0. The molecule has 0 bridgehead atoms. The number of benzene rings is 3. The van der Waals surface area contributed by atoms with E-state index < -0.39 is 5.60 Å². The zero-order chi connectivity index (χ0) is 20.1. The van der Waals surface area contributed by atoms with Gasteiger partial charge >= 0.3 is 0 Å². The van der Waals surface area contributed by atoms with E-state index in [4.69, 9.17) is 11.5 Å². The number of hydrogen-bond acceptors (Lipinski definition) is 5. The number of allylic oxidation sites excluding steroid dienone is 1. The molecule has 5 N–H and O–H groups in total. The summed E-state index contributed by atoms with van der Waals surface area (Å²) in [5, 5.41) is 21.2. The minimum absolute atomic E-state index is 0.346. The lowest BCUT2D eigenvalue weighted by molar-refractivity contribution is 0.102. The lowest BCUT2D eigenvalue weighted by Gasteiger charge is -2.25. The molecule has 0 saturated carbocycles. The van der Waals surface area contributed by atoms with Crippen molar-refractivity contribution in [3.05, 3.63) is 101 Å². The van der Waals surface area contributed by atoms with Crippen molar-refractivity contribution in [3.8, 4) is 6.07 Å². The van der Waals surface area contributed by atoms with Crippen molar-refractivity contribution in [2.45, 2.75) is 17.4 Å². The first-order chi connectivity index (χ1) is 13.4. The second kappa shape index (κ2) is 8.22. The summed E-state index contributed by atoms with van der Waals surface area (Å²) >= 11 is 1.25. The van der Waals surface area contributed by atoms with Crippen molar-refractivity contribution in [1.29, 1.82) is 5.26 Å². The highest BCUT2D eigenvalue weighted by molar-refractivity contribution is 8.03. The van der Waals surface area contributed by atoms with Crippen LogP contribution in [-0.4, -0.2) is 5.11 Å². The maximum atomic E-state index is 11.1. The Morgan fingerprint density at radius 1 is 0.964 bits per heavy atom. The second-order valence-corrected chi connectivity index (χ2v) is 7.59. The number of nitrogen functional groups attached to an aromatic ring is 1. The monoisotopic (exact) mass is 387 g/mol. The van der Waals surface area contributed by atoms with Crippen molar-refractivity contribution in [3.63, 3.8) is 0 Å². The number of hydrogen-bond donors (Lipinski definition) is 3. The van der Waals surface area contributed by atoms with Gasteiger partial charge in [0.25, 0.3) is 0 Å². The Labute approximate surface area is 169 Å². The topological polar surface area (TPSA) is 96.1 Å². The summed E-state index contributed by atoms with van der Waals surface area (Å²) in [6.45, 7) is 1.74. The van der Waals surface area contributed by atoms with Gasteiger partial charge in [-0.05, 0) is 41.8 Å². The first-order valence-electron chi connectivity index (χ1n) is 8.74. The Hall–Kier alpha value is -3.20. The molecule has 0 aliphatic heterocycles. The lowest BCUT2D eigenvalue weighted by Crippen LogP contribution is -2.22. The number of nitriles is 1. The highest BCUT2D eigenvalue weighted by Gasteiger charge is 2.26. The summed E-state index contributed by atoms with van der Waals surface area (Å²) in [6.07, 6.45) is 0. The fourth-order valence-corrected chi connectivity index (χ4v) is 3.75. The molecule has 0 aliphatic carbocycles. The molecule has 3 aromatic rings. The highest BCUT2D eigenvalue weighted by Crippen LogP contribution is 2.35. The molecule has 3 rings (SSSR count). The molecule has 0 aliphatic rings. The Kier molecular flexibility index (Phi) is 5.74. The van der Waals surface area contributed by atoms with Crippen molar-refractivity contribution in [2.24, 2.45) is 5.73 Å². The van der Waals surface area contributed by atoms with Gasteiger partial charge in [0.2, 0.25) is 0 Å². The number of nitrogens with zero attached hydrogens (tertiary/aromatic N) is 1. The van der Waals surface area contributed by atoms with Crippen LogP contribution >= 0.6 is 11.8 Å². The number of anilines is 1. The van der Waals surface area contributed by atoms with Crippen LogP contribution in [0.25, 0.3) is 5.57 Å². The van der Waals surface area contributed by atoms with Crippen molar-refractivity contribution >= 4 is 23.0 Å². The van der Waals surface area contributed by atoms with Gasteiger partial charge in [-0.15, -0.1) is 0 Å². The lowest BCUT2D eigenvalue weighted by atomic mass is 9.87. The van der Waals surface area contributed by atoms with Crippen molar-refractivity contribution in [1.82, 2.24) is 0 Å². The Morgan fingerprint density at radius 3 is 2.29 bits per heavy atom. The SMILES string of the molecule is CC(O)(c1ccccc1)c1cccc(/C(C#N)=C(\N)Sc2ccccc2N)c1. The van der Waals surface area contributed by atoms with Gasteiger partial charge < -0.3 is 16.6 Å². The predicted molar refractivity (Wildman–Crippen MR) is 115 cm³/mol. The molecule has 0 saturated heterocycles. The van der Waals surface area contributed by atoms with Crippen molar-refractivity contribution < 1.29 is 5.11 Å². The molecule has 0 spiro atoms. The van der Waals surface area contributed by atoms with Crippen LogP contribution in [0.5, 0.6) is 0 Å². The average molecular weight is 388 g/mol. The van der Waals surface area contributed by atoms with E-state index >= 15 is 0 Å². The van der Waals surface area contributed by atoms with Crippen LogP contribution in [0.3, 0.4) is 0 Å². The normalized spacial score (nSPS) is 13.9. The number of aliphatic hydroxyl groups is 1. The quantitative estimate of drug-likeness (QED) is 0.341. The molecule has 4 nitrogen and oxygen atoms in total. The van der Waals surface area contributed by atoms with Crippen LogP contribution in [0.4, 0.5) is 5.69 Å². The standard InChI is InChI=1S/C23H21N3OS/c1-23(27,17-9-3-2-4-10-17)18-11-7-8-16(14-18)19(15-24)22(26)28-21-13-6-5-12-20(21)25/h2-14,27H,25-26H2,1H3/b22-19+. The molecular formula is C23H21N3OS. The Morgan fingerprint density at radius 2 is 1.61 bits per heavy atom. The average Bonchev–Trinajstić information content (AvgIpc) is 2.71. The van der Waals surface area contributed by atoms with E-state index in [-0.39, 0.29) is 0 Å². The molecule has 28 heavy (non-hydrogen) atoms. The molecule has 0 aromatic heterocycles. The third-order valence-corrected chi connectivity index (χ3v) is 5.56. The van der Waals surface area contributed by atoms with E-state index in [0.717, 1.165) is 10.5 Å². The van der Waals surface area contributed by atoms with Gasteiger partial charge in [-0.25, -0.2) is 0 Å². The third kappa shape index (κ3) is 4.04. The van der Waals surface area contributed by atoms with Gasteiger partial charge in [0.05, 0.1) is 10.6 Å². The van der Waals surface area contributed by atoms with Crippen LogP contribution in [0, 0.1) is 11.3 Å². The maximum absolute atomic E-state index is 11.1. The summed E-state index contributed by atoms with van der Waals surface area (Å²) in [5.74, 6) is 0. The minimum atomic E-state index is -1.19. The zero-order valence-electron chi connectivity index (χ0n) is 15.5. The predicted octanol–water partition coefficient (Wildman–Crippen LogP) is 4.47. The van der Waals surface area contributed by atoms with Crippen LogP contribution in [0.2, 0.25) is 0 Å². The zero-order valence-corrected chi connectivity index (χ0v) is 16.3. The molecular weight excluding hydrogens is 366 g/mol. The molecule has 1 atom stereocenters. The number of nitrogens with two attached hydrogens (primary N) is 2. The molecule has 3 aromatic carbocycles. The van der Waals surface area contributed by atoms with Crippen molar-refractivity contribution in [2.75, 3.05) is 5.73 Å². The van der Waals surface area contributed by atoms with E-state index in [0.29, 0.717) is 27.4 Å². The smallest absolute Gasteiger partial charge is 0.112 e. The number of thioether (sulfide) groups is 1. The minimum Gasteiger partial charge on any atom is -0.398 e. The Balaban J connectivity index is 2.00. The van der Waals surface area contributed by atoms with Crippen LogP contribution in [0.1, 0.15) is 23.6 Å². The first kappa shape index (κ1) is 19.6. The fourth-order valence-electron chi connectivity index (χ4n) is 2.91. The van der Waals surface area contributed by atoms with E-state index in [2.05, 4.69) is 6.07 Å². The van der Waals surface area contributed by atoms with Gasteiger partial charge in [-0.3, -0.25) is 0 Å². The van der Waals surface area contributed by atoms with E-state index in [9.17, 15) is 10.4 Å². The Bertz CT molecular complexity index is 1050. The molecule has 0 amide bonds. The summed E-state index contributed by atoms with van der Waals surface area (Å²) in [6, 6.07) is 26.2. The van der Waals surface area contributed by atoms with E-state index in [1.807, 2.05) is 66.7 Å². The van der Waals surface area contributed by atoms with Crippen LogP contribution in [-0.2, 0) is 5.60 Å². The van der Waals surface area contributed by atoms with Gasteiger partial charge in [0.15, 0.2) is 0 Å². The maximum Gasteiger partial charge on any atom is 0.112 e. The van der Waals surface area contributed by atoms with Crippen LogP contribution in [0.15, 0.2) is 88.8 Å². The molecule has 0 fully saturated rings. The van der Waals surface area contributed by atoms with Gasteiger partial charge in [-0.2, -0.15) is 5.26 Å². The van der Waals surface area contributed by atoms with E-state index in [1.165, 1.54) is 11.8 Å². The van der Waals surface area contributed by atoms with Crippen LogP contribution < -0.4 is 11.5 Å². The summed E-state index contributed by atoms with van der Waals surface area (Å²) in [4.78, 5) is 0.792. The van der Waals surface area contributed by atoms with Gasteiger partial charge in [0, 0.05) is 10.6 Å². The summed E-state index contributed by atoms with van der Waals surface area (Å²) in [7, 11) is 0. The molecule has 5 heteroatoms. The molecule has 0 heterocycles. The summed E-state index contributed by atoms with van der Waals surface area (Å²) in [5.41, 5.74) is 14.1. The van der Waals surface area contributed by atoms with E-state index in [1.54, 1.807) is 19.1 Å². The number of para-hydroxylation sites is 1. The first-order valence-corrected chi connectivity index (χ1v) is 9.56. The highest BCUT2D eigenvalue weighted by atomic mass is 32.2. The number of rotatable bonds is 5. The largest absolute Gasteiger partial charge is 0.398 e. The molecule has 0 radical (unpaired) electrons.